The van der Waals surface area contributed by atoms with Crippen LogP contribution in [0.1, 0.15) is 35.2 Å². The number of benzene rings is 2. The minimum absolute atomic E-state index is 0.0192. The van der Waals surface area contributed by atoms with E-state index in [1.807, 2.05) is 31.2 Å². The fourth-order valence-electron chi connectivity index (χ4n) is 3.74. The van der Waals surface area contributed by atoms with Crippen molar-refractivity contribution in [3.63, 3.8) is 0 Å². The largest absolute Gasteiger partial charge is 0.358 e. The normalized spacial score (nSPS) is 19.3. The fraction of sp³-hybridized carbons (Fsp3) is 0.333. The number of aryl methyl sites for hydroxylation is 1. The number of rotatable bonds is 5. The summed E-state index contributed by atoms with van der Waals surface area (Å²) in [5, 5.41) is 7.41. The quantitative estimate of drug-likeness (QED) is 0.668. The lowest BCUT2D eigenvalue weighted by molar-refractivity contribution is 0.0946. The average molecular weight is 383 g/mol. The molecular formula is C21H22FN3OS. The molecule has 1 amide bonds. The molecule has 2 aromatic carbocycles. The van der Waals surface area contributed by atoms with Gasteiger partial charge >= 0.3 is 0 Å². The van der Waals surface area contributed by atoms with E-state index in [2.05, 4.69) is 15.6 Å². The summed E-state index contributed by atoms with van der Waals surface area (Å²) in [5.41, 5.74) is 2.53. The molecule has 2 N–H and O–H groups in total. The summed E-state index contributed by atoms with van der Waals surface area (Å²) < 4.78 is 14.2. The lowest BCUT2D eigenvalue weighted by atomic mass is 10.0. The van der Waals surface area contributed by atoms with E-state index in [0.29, 0.717) is 12.5 Å². The molecule has 6 heteroatoms. The molecule has 0 bridgehead atoms. The number of hydrogen-bond acceptors (Lipinski definition) is 4. The Morgan fingerprint density at radius 1 is 1.26 bits per heavy atom. The van der Waals surface area contributed by atoms with Crippen LogP contribution in [0.2, 0.25) is 0 Å². The van der Waals surface area contributed by atoms with E-state index >= 15 is 0 Å². The van der Waals surface area contributed by atoms with Crippen LogP contribution in [0, 0.1) is 18.7 Å². The second kappa shape index (κ2) is 7.64. The van der Waals surface area contributed by atoms with Crippen LogP contribution in [0.5, 0.6) is 0 Å². The molecule has 4 rings (SSSR count). The highest BCUT2D eigenvalue weighted by molar-refractivity contribution is 7.22. The number of carbonyl (C=O) groups excluding carboxylic acids is 1. The third-order valence-corrected chi connectivity index (χ3v) is 6.18. The van der Waals surface area contributed by atoms with Crippen molar-refractivity contribution in [3.05, 3.63) is 59.4 Å². The Kier molecular flexibility index (Phi) is 5.07. The molecule has 1 saturated carbocycles. The van der Waals surface area contributed by atoms with Crippen molar-refractivity contribution in [1.82, 2.24) is 10.3 Å². The molecular weight excluding hydrogens is 361 g/mol. The second-order valence-electron chi connectivity index (χ2n) is 7.10. The number of anilines is 1. The van der Waals surface area contributed by atoms with Crippen molar-refractivity contribution in [3.8, 4) is 0 Å². The first-order valence-corrected chi connectivity index (χ1v) is 10.1. The number of halogens is 1. The summed E-state index contributed by atoms with van der Waals surface area (Å²) in [6, 6.07) is 12.6. The van der Waals surface area contributed by atoms with E-state index < -0.39 is 0 Å². The summed E-state index contributed by atoms with van der Waals surface area (Å²) in [6.45, 7) is 2.59. The zero-order valence-electron chi connectivity index (χ0n) is 15.2. The first-order chi connectivity index (χ1) is 13.1. The molecule has 1 aromatic heterocycles. The predicted octanol–water partition coefficient (Wildman–Crippen LogP) is 4.75. The maximum absolute atomic E-state index is 13.4. The van der Waals surface area contributed by atoms with Gasteiger partial charge in [-0.1, -0.05) is 36.0 Å². The number of hydrogen-bond donors (Lipinski definition) is 2. The van der Waals surface area contributed by atoms with Gasteiger partial charge < -0.3 is 10.6 Å². The van der Waals surface area contributed by atoms with E-state index in [-0.39, 0.29) is 17.8 Å². The molecule has 0 aliphatic heterocycles. The molecule has 1 aliphatic carbocycles. The first-order valence-electron chi connectivity index (χ1n) is 9.26. The first kappa shape index (κ1) is 17.9. The van der Waals surface area contributed by atoms with Crippen LogP contribution in [0.3, 0.4) is 0 Å². The van der Waals surface area contributed by atoms with Crippen LogP contribution in [0.4, 0.5) is 9.52 Å². The molecule has 0 spiro atoms. The Labute approximate surface area is 161 Å². The minimum atomic E-state index is -0.240. The maximum Gasteiger partial charge on any atom is 0.251 e. The number of fused-ring (bicyclic) bond motifs is 1. The third kappa shape index (κ3) is 3.95. The number of nitrogens with zero attached hydrogens (tertiary/aromatic N) is 1. The zero-order valence-corrected chi connectivity index (χ0v) is 16.0. The van der Waals surface area contributed by atoms with Gasteiger partial charge in [-0.3, -0.25) is 4.79 Å². The highest BCUT2D eigenvalue weighted by atomic mass is 32.1. The van der Waals surface area contributed by atoms with E-state index in [1.54, 1.807) is 6.07 Å². The van der Waals surface area contributed by atoms with Gasteiger partial charge in [0, 0.05) is 18.2 Å². The Morgan fingerprint density at radius 3 is 2.96 bits per heavy atom. The van der Waals surface area contributed by atoms with Gasteiger partial charge in [-0.15, -0.1) is 0 Å². The van der Waals surface area contributed by atoms with Crippen molar-refractivity contribution >= 4 is 32.6 Å². The molecule has 1 heterocycles. The van der Waals surface area contributed by atoms with Gasteiger partial charge in [0.1, 0.15) is 5.82 Å². The van der Waals surface area contributed by atoms with Gasteiger partial charge in [0.05, 0.1) is 10.2 Å². The smallest absolute Gasteiger partial charge is 0.251 e. The standard InChI is InChI=1S/C21H22FN3OS/c1-13-5-2-3-7-16(13)20(26)23-12-14-6-4-8-17(14)24-21-25-18-10-9-15(22)11-19(18)27-21/h2-3,5,7,9-11,14,17H,4,6,8,12H2,1H3,(H,23,26)(H,24,25)/t14?,17-/m0/s1. The van der Waals surface area contributed by atoms with Gasteiger partial charge in [0.15, 0.2) is 5.13 Å². The van der Waals surface area contributed by atoms with E-state index in [0.717, 1.165) is 45.7 Å². The van der Waals surface area contributed by atoms with Crippen molar-refractivity contribution in [1.29, 1.82) is 0 Å². The predicted molar refractivity (Wildman–Crippen MR) is 108 cm³/mol. The van der Waals surface area contributed by atoms with Gasteiger partial charge in [-0.05, 0) is 55.5 Å². The number of nitrogens with one attached hydrogen (secondary N) is 2. The maximum atomic E-state index is 13.4. The highest BCUT2D eigenvalue weighted by Gasteiger charge is 2.28. The summed E-state index contributed by atoms with van der Waals surface area (Å²) in [5.74, 6) is 0.103. The molecule has 1 fully saturated rings. The topological polar surface area (TPSA) is 54.0 Å². The number of carbonyl (C=O) groups is 1. The molecule has 27 heavy (non-hydrogen) atoms. The summed E-state index contributed by atoms with van der Waals surface area (Å²) in [6.07, 6.45) is 3.25. The van der Waals surface area contributed by atoms with Crippen molar-refractivity contribution < 1.29 is 9.18 Å². The van der Waals surface area contributed by atoms with Gasteiger partial charge in [0.25, 0.3) is 5.91 Å². The SMILES string of the molecule is Cc1ccccc1C(=O)NCC1CCC[C@@H]1Nc1nc2ccc(F)cc2s1. The van der Waals surface area contributed by atoms with Crippen LogP contribution in [0.15, 0.2) is 42.5 Å². The van der Waals surface area contributed by atoms with E-state index in [1.165, 1.54) is 23.5 Å². The Hall–Kier alpha value is -2.47. The monoisotopic (exact) mass is 383 g/mol. The summed E-state index contributed by atoms with van der Waals surface area (Å²) in [7, 11) is 0. The molecule has 0 radical (unpaired) electrons. The molecule has 1 aliphatic rings. The lowest BCUT2D eigenvalue weighted by Crippen LogP contribution is -2.35. The summed E-state index contributed by atoms with van der Waals surface area (Å²) >= 11 is 1.47. The van der Waals surface area contributed by atoms with Gasteiger partial charge in [0.2, 0.25) is 0 Å². The van der Waals surface area contributed by atoms with Crippen molar-refractivity contribution in [2.24, 2.45) is 5.92 Å². The number of aromatic nitrogens is 1. The third-order valence-electron chi connectivity index (χ3n) is 5.23. The Balaban J connectivity index is 1.40. The van der Waals surface area contributed by atoms with Crippen LogP contribution in [-0.4, -0.2) is 23.5 Å². The molecule has 4 nitrogen and oxygen atoms in total. The molecule has 1 unspecified atom stereocenters. The highest BCUT2D eigenvalue weighted by Crippen LogP contribution is 2.32. The second-order valence-corrected chi connectivity index (χ2v) is 8.13. The van der Waals surface area contributed by atoms with Crippen molar-refractivity contribution in [2.75, 3.05) is 11.9 Å². The Bertz CT molecular complexity index is 971. The van der Waals surface area contributed by atoms with Gasteiger partial charge in [-0.25, -0.2) is 9.37 Å². The lowest BCUT2D eigenvalue weighted by Gasteiger charge is -2.21. The van der Waals surface area contributed by atoms with Crippen LogP contribution in [-0.2, 0) is 0 Å². The van der Waals surface area contributed by atoms with Crippen LogP contribution >= 0.6 is 11.3 Å². The van der Waals surface area contributed by atoms with Crippen LogP contribution in [0.25, 0.3) is 10.2 Å². The number of thiazole rings is 1. The fourth-order valence-corrected chi connectivity index (χ4v) is 4.69. The molecule has 140 valence electrons. The minimum Gasteiger partial charge on any atom is -0.358 e. The van der Waals surface area contributed by atoms with E-state index in [4.69, 9.17) is 0 Å². The van der Waals surface area contributed by atoms with E-state index in [9.17, 15) is 9.18 Å². The van der Waals surface area contributed by atoms with Crippen LogP contribution < -0.4 is 10.6 Å². The van der Waals surface area contributed by atoms with Crippen molar-refractivity contribution in [2.45, 2.75) is 32.2 Å². The number of amides is 1. The van der Waals surface area contributed by atoms with Gasteiger partial charge in [-0.2, -0.15) is 0 Å². The Morgan fingerprint density at radius 2 is 2.11 bits per heavy atom. The zero-order chi connectivity index (χ0) is 18.8. The molecule has 0 saturated heterocycles. The summed E-state index contributed by atoms with van der Waals surface area (Å²) in [4.78, 5) is 17.0. The molecule has 3 aromatic rings. The molecule has 2 atom stereocenters. The average Bonchev–Trinajstić information content (AvgIpc) is 3.26.